The van der Waals surface area contributed by atoms with E-state index in [2.05, 4.69) is 10.3 Å². The summed E-state index contributed by atoms with van der Waals surface area (Å²) in [6.07, 6.45) is 5.01. The van der Waals surface area contributed by atoms with E-state index in [1.165, 1.54) is 13.0 Å². The summed E-state index contributed by atoms with van der Waals surface area (Å²) >= 11 is 0. The number of rotatable bonds is 4. The molecule has 4 nitrogen and oxygen atoms in total. The fraction of sp³-hybridized carbons (Fsp3) is 0.0667. The second kappa shape index (κ2) is 5.82. The Bertz CT molecular complexity index is 613. The number of amides is 1. The molecule has 96 valence electrons. The molecule has 0 unspecified atom stereocenters. The van der Waals surface area contributed by atoms with Gasteiger partial charge in [0.25, 0.3) is 0 Å². The van der Waals surface area contributed by atoms with Crippen molar-refractivity contribution in [3.8, 4) is 0 Å². The standard InChI is InChI=1S/C15H14N2O2/c1-11(18)17-14-5-2-4-12(10-14)15(19)8-7-13-6-3-9-16-13/h2-10,16H,1H3,(H,17,18)/b8-7+. The zero-order valence-corrected chi connectivity index (χ0v) is 10.5. The minimum atomic E-state index is -0.161. The van der Waals surface area contributed by atoms with Gasteiger partial charge in [-0.15, -0.1) is 0 Å². The summed E-state index contributed by atoms with van der Waals surface area (Å²) in [5.74, 6) is -0.270. The van der Waals surface area contributed by atoms with Crippen LogP contribution in [0.2, 0.25) is 0 Å². The van der Waals surface area contributed by atoms with Gasteiger partial charge in [-0.2, -0.15) is 0 Å². The summed E-state index contributed by atoms with van der Waals surface area (Å²) in [6.45, 7) is 1.43. The van der Waals surface area contributed by atoms with E-state index < -0.39 is 0 Å². The summed E-state index contributed by atoms with van der Waals surface area (Å²) in [6, 6.07) is 10.6. The zero-order valence-electron chi connectivity index (χ0n) is 10.5. The highest BCUT2D eigenvalue weighted by atomic mass is 16.1. The molecule has 1 heterocycles. The molecule has 2 rings (SSSR count). The molecule has 0 bridgehead atoms. The van der Waals surface area contributed by atoms with Crippen LogP contribution in [0.3, 0.4) is 0 Å². The number of hydrogen-bond donors (Lipinski definition) is 2. The molecule has 0 aliphatic heterocycles. The van der Waals surface area contributed by atoms with E-state index in [0.29, 0.717) is 11.3 Å². The fourth-order valence-electron chi connectivity index (χ4n) is 1.66. The van der Waals surface area contributed by atoms with Crippen molar-refractivity contribution in [3.05, 3.63) is 59.9 Å². The van der Waals surface area contributed by atoms with Gasteiger partial charge in [0.15, 0.2) is 5.78 Å². The van der Waals surface area contributed by atoms with Crippen LogP contribution in [0.5, 0.6) is 0 Å². The van der Waals surface area contributed by atoms with Crippen molar-refractivity contribution >= 4 is 23.5 Å². The Labute approximate surface area is 111 Å². The Morgan fingerprint density at radius 2 is 2.05 bits per heavy atom. The molecule has 4 heteroatoms. The lowest BCUT2D eigenvalue weighted by molar-refractivity contribution is -0.114. The van der Waals surface area contributed by atoms with Gasteiger partial charge in [-0.3, -0.25) is 9.59 Å². The van der Waals surface area contributed by atoms with Crippen LogP contribution in [0.1, 0.15) is 23.0 Å². The first-order chi connectivity index (χ1) is 9.15. The van der Waals surface area contributed by atoms with Crippen LogP contribution in [0.25, 0.3) is 6.08 Å². The lowest BCUT2D eigenvalue weighted by Crippen LogP contribution is -2.06. The minimum Gasteiger partial charge on any atom is -0.362 e. The molecule has 0 saturated carbocycles. The number of carbonyl (C=O) groups excluding carboxylic acids is 2. The fourth-order valence-corrected chi connectivity index (χ4v) is 1.66. The maximum absolute atomic E-state index is 12.0. The molecule has 0 aliphatic rings. The molecule has 1 aromatic carbocycles. The number of nitrogens with one attached hydrogen (secondary N) is 2. The van der Waals surface area contributed by atoms with Crippen molar-refractivity contribution in [2.75, 3.05) is 5.32 Å². The molecule has 0 fully saturated rings. The molecule has 0 radical (unpaired) electrons. The van der Waals surface area contributed by atoms with Crippen molar-refractivity contribution in [2.45, 2.75) is 6.92 Å². The number of allylic oxidation sites excluding steroid dienone is 1. The van der Waals surface area contributed by atoms with E-state index in [1.807, 2.05) is 12.1 Å². The molecule has 0 aliphatic carbocycles. The van der Waals surface area contributed by atoms with Gasteiger partial charge in [0.05, 0.1) is 0 Å². The first kappa shape index (κ1) is 12.8. The number of aromatic nitrogens is 1. The Morgan fingerprint density at radius 3 is 2.74 bits per heavy atom. The highest BCUT2D eigenvalue weighted by Gasteiger charge is 2.03. The van der Waals surface area contributed by atoms with Crippen LogP contribution < -0.4 is 5.32 Å². The summed E-state index contributed by atoms with van der Waals surface area (Å²) in [7, 11) is 0. The van der Waals surface area contributed by atoms with Crippen LogP contribution in [0.4, 0.5) is 5.69 Å². The lowest BCUT2D eigenvalue weighted by Gasteiger charge is -2.03. The van der Waals surface area contributed by atoms with E-state index in [9.17, 15) is 9.59 Å². The molecule has 0 saturated heterocycles. The van der Waals surface area contributed by atoms with Crippen LogP contribution in [0.15, 0.2) is 48.7 Å². The number of aromatic amines is 1. The second-order valence-electron chi connectivity index (χ2n) is 4.09. The average Bonchev–Trinajstić information content (AvgIpc) is 2.88. The summed E-state index contributed by atoms with van der Waals surface area (Å²) in [4.78, 5) is 25.9. The lowest BCUT2D eigenvalue weighted by atomic mass is 10.1. The van der Waals surface area contributed by atoms with Crippen LogP contribution in [0, 0.1) is 0 Å². The van der Waals surface area contributed by atoms with Crippen molar-refractivity contribution < 1.29 is 9.59 Å². The molecular formula is C15H14N2O2. The maximum Gasteiger partial charge on any atom is 0.221 e. The quantitative estimate of drug-likeness (QED) is 0.651. The van der Waals surface area contributed by atoms with Crippen LogP contribution >= 0.6 is 0 Å². The first-order valence-corrected chi connectivity index (χ1v) is 5.88. The van der Waals surface area contributed by atoms with E-state index in [0.717, 1.165) is 5.69 Å². The average molecular weight is 254 g/mol. The summed E-state index contributed by atoms with van der Waals surface area (Å²) in [5.41, 5.74) is 2.02. The molecule has 0 spiro atoms. The third-order valence-corrected chi connectivity index (χ3v) is 2.50. The molecule has 2 N–H and O–H groups in total. The van der Waals surface area contributed by atoms with Crippen LogP contribution in [-0.2, 0) is 4.79 Å². The highest BCUT2D eigenvalue weighted by Crippen LogP contribution is 2.12. The number of benzene rings is 1. The second-order valence-corrected chi connectivity index (χ2v) is 4.09. The number of ketones is 1. The van der Waals surface area contributed by atoms with E-state index in [-0.39, 0.29) is 11.7 Å². The molecule has 0 atom stereocenters. The highest BCUT2D eigenvalue weighted by molar-refractivity contribution is 6.07. The van der Waals surface area contributed by atoms with Crippen molar-refractivity contribution in [2.24, 2.45) is 0 Å². The molecule has 1 aromatic heterocycles. The van der Waals surface area contributed by atoms with E-state index >= 15 is 0 Å². The van der Waals surface area contributed by atoms with Gasteiger partial charge >= 0.3 is 0 Å². The normalized spacial score (nSPS) is 10.6. The van der Waals surface area contributed by atoms with Gasteiger partial charge in [0.2, 0.25) is 5.91 Å². The van der Waals surface area contributed by atoms with E-state index in [4.69, 9.17) is 0 Å². The smallest absolute Gasteiger partial charge is 0.221 e. The number of H-pyrrole nitrogens is 1. The monoisotopic (exact) mass is 254 g/mol. The predicted molar refractivity (Wildman–Crippen MR) is 74.9 cm³/mol. The van der Waals surface area contributed by atoms with Crippen molar-refractivity contribution in [3.63, 3.8) is 0 Å². The van der Waals surface area contributed by atoms with Gasteiger partial charge in [-0.25, -0.2) is 0 Å². The third-order valence-electron chi connectivity index (χ3n) is 2.50. The van der Waals surface area contributed by atoms with Crippen LogP contribution in [-0.4, -0.2) is 16.7 Å². The largest absolute Gasteiger partial charge is 0.362 e. The molecule has 19 heavy (non-hydrogen) atoms. The molecular weight excluding hydrogens is 240 g/mol. The van der Waals surface area contributed by atoms with E-state index in [1.54, 1.807) is 36.5 Å². The van der Waals surface area contributed by atoms with Gasteiger partial charge in [0, 0.05) is 30.1 Å². The molecule has 1 amide bonds. The summed E-state index contributed by atoms with van der Waals surface area (Å²) < 4.78 is 0. The van der Waals surface area contributed by atoms with Crippen molar-refractivity contribution in [1.82, 2.24) is 4.98 Å². The minimum absolute atomic E-state index is 0.109. The SMILES string of the molecule is CC(=O)Nc1cccc(C(=O)/C=C/c2ccc[nH]2)c1. The topological polar surface area (TPSA) is 62.0 Å². The predicted octanol–water partition coefficient (Wildman–Crippen LogP) is 2.87. The number of anilines is 1. The van der Waals surface area contributed by atoms with Gasteiger partial charge < -0.3 is 10.3 Å². The summed E-state index contributed by atoms with van der Waals surface area (Å²) in [5, 5.41) is 2.65. The maximum atomic E-state index is 12.0. The third kappa shape index (κ3) is 3.67. The number of hydrogen-bond acceptors (Lipinski definition) is 2. The first-order valence-electron chi connectivity index (χ1n) is 5.88. The van der Waals surface area contributed by atoms with Crippen molar-refractivity contribution in [1.29, 1.82) is 0 Å². The Balaban J connectivity index is 2.13. The van der Waals surface area contributed by atoms with Gasteiger partial charge in [-0.05, 0) is 36.4 Å². The zero-order chi connectivity index (χ0) is 13.7. The Kier molecular flexibility index (Phi) is 3.93. The Morgan fingerprint density at radius 1 is 1.21 bits per heavy atom. The number of carbonyl (C=O) groups is 2. The van der Waals surface area contributed by atoms with Gasteiger partial charge in [-0.1, -0.05) is 12.1 Å². The van der Waals surface area contributed by atoms with Gasteiger partial charge in [0.1, 0.15) is 0 Å². The molecule has 2 aromatic rings. The Hall–Kier alpha value is -2.62.